The zero-order chi connectivity index (χ0) is 15.1. The maximum Gasteiger partial charge on any atom is 0.299 e. The molecule has 0 radical (unpaired) electrons. The number of ether oxygens (including phenoxy) is 1. The number of hydrogen-bond acceptors (Lipinski definition) is 5. The molecule has 0 fully saturated rings. The highest BCUT2D eigenvalue weighted by molar-refractivity contribution is 5.75. The Morgan fingerprint density at radius 2 is 2.30 bits per heavy atom. The lowest BCUT2D eigenvalue weighted by Crippen LogP contribution is -2.30. The number of methoxy groups -OCH3 is 1. The second kappa shape index (κ2) is 7.28. The molecule has 0 aliphatic rings. The van der Waals surface area contributed by atoms with Gasteiger partial charge in [-0.2, -0.15) is 5.26 Å². The molecule has 0 N–H and O–H groups in total. The number of nitrogens with zero attached hydrogens (tertiary/aromatic N) is 4. The largest absolute Gasteiger partial charge is 0.468 e. The molecule has 1 heterocycles. The lowest BCUT2D eigenvalue weighted by Gasteiger charge is -2.16. The summed E-state index contributed by atoms with van der Waals surface area (Å²) in [7, 11) is 3.06. The molecule has 1 aromatic rings. The molecule has 1 aromatic heterocycles. The first kappa shape index (κ1) is 15.7. The average molecular weight is 278 g/mol. The molecular weight excluding hydrogens is 260 g/mol. The van der Waals surface area contributed by atoms with Gasteiger partial charge in [0.15, 0.2) is 0 Å². The number of amides is 1. The zero-order valence-corrected chi connectivity index (χ0v) is 11.9. The van der Waals surface area contributed by atoms with Crippen molar-refractivity contribution in [2.75, 3.05) is 20.7 Å². The van der Waals surface area contributed by atoms with Gasteiger partial charge >= 0.3 is 0 Å². The molecule has 7 heteroatoms. The van der Waals surface area contributed by atoms with Crippen molar-refractivity contribution in [1.82, 2.24) is 14.5 Å². The Balaban J connectivity index is 2.73. The highest BCUT2D eigenvalue weighted by Crippen LogP contribution is 2.06. The number of carbonyl (C=O) groups is 1. The van der Waals surface area contributed by atoms with E-state index in [2.05, 4.69) is 4.98 Å². The maximum absolute atomic E-state index is 11.8. The summed E-state index contributed by atoms with van der Waals surface area (Å²) in [5.74, 6) is -0.130. The summed E-state index contributed by atoms with van der Waals surface area (Å²) < 4.78 is 6.37. The van der Waals surface area contributed by atoms with Gasteiger partial charge in [0.1, 0.15) is 0 Å². The number of hydrogen-bond donors (Lipinski definition) is 0. The molecule has 20 heavy (non-hydrogen) atoms. The molecule has 7 nitrogen and oxygen atoms in total. The quantitative estimate of drug-likeness (QED) is 0.748. The van der Waals surface area contributed by atoms with Gasteiger partial charge in [-0.15, -0.1) is 0 Å². The second-order valence-corrected chi connectivity index (χ2v) is 4.35. The van der Waals surface area contributed by atoms with E-state index in [1.165, 1.54) is 22.6 Å². The first-order valence-corrected chi connectivity index (χ1v) is 6.23. The third-order valence-electron chi connectivity index (χ3n) is 2.82. The third-order valence-corrected chi connectivity index (χ3v) is 2.82. The van der Waals surface area contributed by atoms with Crippen molar-refractivity contribution in [3.8, 4) is 12.1 Å². The molecule has 0 aromatic carbocycles. The van der Waals surface area contributed by atoms with E-state index in [-0.39, 0.29) is 36.9 Å². The van der Waals surface area contributed by atoms with Crippen molar-refractivity contribution >= 4 is 5.91 Å². The van der Waals surface area contributed by atoms with E-state index >= 15 is 0 Å². The van der Waals surface area contributed by atoms with Gasteiger partial charge < -0.3 is 9.64 Å². The van der Waals surface area contributed by atoms with Crippen LogP contribution in [0.4, 0.5) is 0 Å². The van der Waals surface area contributed by atoms with Crippen LogP contribution in [0.2, 0.25) is 0 Å². The van der Waals surface area contributed by atoms with Crippen molar-refractivity contribution in [3.63, 3.8) is 0 Å². The minimum absolute atomic E-state index is 0.130. The van der Waals surface area contributed by atoms with Gasteiger partial charge in [0.2, 0.25) is 5.91 Å². The van der Waals surface area contributed by atoms with Crippen molar-refractivity contribution in [2.24, 2.45) is 0 Å². The normalized spacial score (nSPS) is 9.90. The van der Waals surface area contributed by atoms with Crippen LogP contribution in [0.25, 0.3) is 0 Å². The van der Waals surface area contributed by atoms with Gasteiger partial charge in [-0.3, -0.25) is 14.2 Å². The maximum atomic E-state index is 11.8. The lowest BCUT2D eigenvalue weighted by atomic mass is 10.3. The fourth-order valence-electron chi connectivity index (χ4n) is 1.70. The number of aromatic nitrogens is 2. The molecule has 1 amide bonds. The van der Waals surface area contributed by atoms with Gasteiger partial charge in [-0.1, -0.05) is 0 Å². The average Bonchev–Trinajstić information content (AvgIpc) is 2.42. The van der Waals surface area contributed by atoms with Crippen LogP contribution in [0.3, 0.4) is 0 Å². The monoisotopic (exact) mass is 278 g/mol. The van der Waals surface area contributed by atoms with Crippen LogP contribution in [0, 0.1) is 18.3 Å². The summed E-state index contributed by atoms with van der Waals surface area (Å²) in [5, 5.41) is 8.48. The molecule has 0 aliphatic heterocycles. The van der Waals surface area contributed by atoms with Gasteiger partial charge in [0.25, 0.3) is 11.6 Å². The molecule has 0 atom stereocenters. The molecule has 0 spiro atoms. The SMILES string of the molecule is COc1nc(C)cc(=O)n1CCC(=O)N(C)CCC#N. The van der Waals surface area contributed by atoms with E-state index < -0.39 is 0 Å². The van der Waals surface area contributed by atoms with E-state index in [1.807, 2.05) is 6.07 Å². The predicted octanol–water partition coefficient (Wildman–Crippen LogP) is 0.323. The minimum atomic E-state index is -0.248. The Hall–Kier alpha value is -2.36. The van der Waals surface area contributed by atoms with Crippen molar-refractivity contribution in [1.29, 1.82) is 5.26 Å². The van der Waals surface area contributed by atoms with Crippen molar-refractivity contribution in [3.05, 3.63) is 22.1 Å². The molecule has 0 saturated heterocycles. The Labute approximate surface area is 117 Å². The first-order chi connectivity index (χ1) is 9.49. The molecule has 1 rings (SSSR count). The van der Waals surface area contributed by atoms with Crippen LogP contribution < -0.4 is 10.3 Å². The van der Waals surface area contributed by atoms with E-state index in [4.69, 9.17) is 10.00 Å². The minimum Gasteiger partial charge on any atom is -0.468 e. The summed E-state index contributed by atoms with van der Waals surface area (Å²) in [6.07, 6.45) is 0.445. The zero-order valence-electron chi connectivity index (χ0n) is 11.9. The highest BCUT2D eigenvalue weighted by atomic mass is 16.5. The van der Waals surface area contributed by atoms with Crippen LogP contribution in [-0.4, -0.2) is 41.1 Å². The number of rotatable bonds is 6. The van der Waals surface area contributed by atoms with E-state index in [1.54, 1.807) is 14.0 Å². The van der Waals surface area contributed by atoms with Crippen LogP contribution in [0.1, 0.15) is 18.5 Å². The number of nitriles is 1. The van der Waals surface area contributed by atoms with Gasteiger partial charge in [-0.05, 0) is 6.92 Å². The van der Waals surface area contributed by atoms with Gasteiger partial charge in [0, 0.05) is 38.3 Å². The Kier molecular flexibility index (Phi) is 5.72. The highest BCUT2D eigenvalue weighted by Gasteiger charge is 2.12. The summed E-state index contributed by atoms with van der Waals surface area (Å²) >= 11 is 0. The van der Waals surface area contributed by atoms with E-state index in [0.717, 1.165) is 0 Å². The summed E-state index contributed by atoms with van der Waals surface area (Å²) in [6, 6.07) is 3.57. The van der Waals surface area contributed by atoms with Gasteiger partial charge in [-0.25, -0.2) is 4.98 Å². The smallest absolute Gasteiger partial charge is 0.299 e. The number of carbonyl (C=O) groups excluding carboxylic acids is 1. The summed E-state index contributed by atoms with van der Waals surface area (Å²) in [5.41, 5.74) is 0.322. The Morgan fingerprint density at radius 1 is 1.60 bits per heavy atom. The molecular formula is C13H18N4O3. The fourth-order valence-corrected chi connectivity index (χ4v) is 1.70. The van der Waals surface area contributed by atoms with Crippen LogP contribution in [0.15, 0.2) is 10.9 Å². The molecule has 0 aliphatic carbocycles. The topological polar surface area (TPSA) is 88.2 Å². The summed E-state index contributed by atoms with van der Waals surface area (Å²) in [4.78, 5) is 29.3. The third kappa shape index (κ3) is 4.09. The van der Waals surface area contributed by atoms with E-state index in [9.17, 15) is 9.59 Å². The van der Waals surface area contributed by atoms with Crippen LogP contribution in [-0.2, 0) is 11.3 Å². The molecule has 0 saturated carbocycles. The predicted molar refractivity (Wildman–Crippen MR) is 72.3 cm³/mol. The molecule has 108 valence electrons. The number of aryl methyl sites for hydroxylation is 1. The van der Waals surface area contributed by atoms with Crippen molar-refractivity contribution < 1.29 is 9.53 Å². The Morgan fingerprint density at radius 3 is 2.90 bits per heavy atom. The fraction of sp³-hybridized carbons (Fsp3) is 0.538. The van der Waals surface area contributed by atoms with Gasteiger partial charge in [0.05, 0.1) is 19.6 Å². The second-order valence-electron chi connectivity index (χ2n) is 4.35. The van der Waals surface area contributed by atoms with Crippen LogP contribution in [0.5, 0.6) is 6.01 Å². The van der Waals surface area contributed by atoms with Crippen LogP contribution >= 0.6 is 0 Å². The van der Waals surface area contributed by atoms with Crippen molar-refractivity contribution in [2.45, 2.75) is 26.3 Å². The lowest BCUT2D eigenvalue weighted by molar-refractivity contribution is -0.130. The Bertz CT molecular complexity index is 574. The standard InChI is InChI=1S/C13H18N4O3/c1-10-9-12(19)17(13(15-10)20-3)8-5-11(18)16(2)7-4-6-14/h9H,4-5,7-8H2,1-3H3. The van der Waals surface area contributed by atoms with E-state index in [0.29, 0.717) is 12.2 Å². The summed E-state index contributed by atoms with van der Waals surface area (Å²) in [6.45, 7) is 2.29. The molecule has 0 bridgehead atoms. The molecule has 0 unspecified atom stereocenters. The first-order valence-electron chi connectivity index (χ1n) is 6.23.